The van der Waals surface area contributed by atoms with Gasteiger partial charge in [0.05, 0.1) is 17.9 Å². The second kappa shape index (κ2) is 8.90. The molecule has 0 spiro atoms. The monoisotopic (exact) mass is 403 g/mol. The van der Waals surface area contributed by atoms with Gasteiger partial charge in [0.1, 0.15) is 0 Å². The Morgan fingerprint density at radius 3 is 2.63 bits per heavy atom. The summed E-state index contributed by atoms with van der Waals surface area (Å²) in [4.78, 5) is 28.6. The van der Waals surface area contributed by atoms with Gasteiger partial charge in [-0.05, 0) is 55.7 Å². The molecule has 0 radical (unpaired) electrons. The first-order valence-electron chi connectivity index (χ1n) is 10.2. The van der Waals surface area contributed by atoms with Crippen molar-refractivity contribution < 1.29 is 9.59 Å². The maximum absolute atomic E-state index is 12.5. The van der Waals surface area contributed by atoms with E-state index < -0.39 is 0 Å². The lowest BCUT2D eigenvalue weighted by Gasteiger charge is -2.23. The fraction of sp³-hybridized carbons (Fsp3) is 0.304. The predicted octanol–water partition coefficient (Wildman–Crippen LogP) is 3.17. The third kappa shape index (κ3) is 4.56. The molecule has 154 valence electrons. The van der Waals surface area contributed by atoms with Crippen molar-refractivity contribution in [2.24, 2.45) is 5.92 Å². The topological polar surface area (TPSA) is 88.9 Å². The van der Waals surface area contributed by atoms with Crippen molar-refractivity contribution in [2.75, 3.05) is 0 Å². The highest BCUT2D eigenvalue weighted by atomic mass is 16.2. The van der Waals surface area contributed by atoms with Gasteiger partial charge >= 0.3 is 0 Å². The molecular weight excluding hydrogens is 378 g/mol. The minimum absolute atomic E-state index is 0.130. The Kier molecular flexibility index (Phi) is 5.88. The molecule has 1 fully saturated rings. The summed E-state index contributed by atoms with van der Waals surface area (Å²) in [6.07, 6.45) is 10.2. The molecule has 4 rings (SSSR count). The van der Waals surface area contributed by atoms with E-state index in [1.54, 1.807) is 35.4 Å². The second-order valence-electron chi connectivity index (χ2n) is 7.67. The van der Waals surface area contributed by atoms with Gasteiger partial charge in [-0.3, -0.25) is 14.6 Å². The number of nitrogens with one attached hydrogen (secondary N) is 2. The molecule has 30 heavy (non-hydrogen) atoms. The summed E-state index contributed by atoms with van der Waals surface area (Å²) in [6, 6.07) is 10.9. The van der Waals surface area contributed by atoms with E-state index in [4.69, 9.17) is 0 Å². The van der Waals surface area contributed by atoms with Crippen LogP contribution in [0.3, 0.4) is 0 Å². The Bertz CT molecular complexity index is 1010. The van der Waals surface area contributed by atoms with Gasteiger partial charge < -0.3 is 10.6 Å². The fourth-order valence-electron chi connectivity index (χ4n) is 3.36. The highest BCUT2D eigenvalue weighted by Gasteiger charge is 2.24. The first-order valence-corrected chi connectivity index (χ1v) is 10.2. The fourth-order valence-corrected chi connectivity index (χ4v) is 3.36. The molecule has 7 nitrogen and oxygen atoms in total. The SMILES string of the molecule is CC(NC(=O)c1ccc(-n2cc(CNC(=O)C3CCC3)cn2)cc1)c1cccnc1. The molecule has 1 aromatic carbocycles. The molecule has 0 bridgehead atoms. The highest BCUT2D eigenvalue weighted by Crippen LogP contribution is 2.26. The summed E-state index contributed by atoms with van der Waals surface area (Å²) in [7, 11) is 0. The molecule has 1 atom stereocenters. The van der Waals surface area contributed by atoms with Crippen molar-refractivity contribution in [3.05, 3.63) is 77.9 Å². The third-order valence-electron chi connectivity index (χ3n) is 5.50. The van der Waals surface area contributed by atoms with Crippen LogP contribution in [0.25, 0.3) is 5.69 Å². The zero-order valence-electron chi connectivity index (χ0n) is 16.9. The Labute approximate surface area is 175 Å². The molecule has 1 saturated carbocycles. The van der Waals surface area contributed by atoms with Gasteiger partial charge in [0, 0.05) is 42.2 Å². The van der Waals surface area contributed by atoms with Gasteiger partial charge in [0.15, 0.2) is 0 Å². The second-order valence-corrected chi connectivity index (χ2v) is 7.67. The molecule has 3 aromatic rings. The third-order valence-corrected chi connectivity index (χ3v) is 5.50. The lowest BCUT2D eigenvalue weighted by atomic mass is 9.85. The lowest BCUT2D eigenvalue weighted by molar-refractivity contribution is -0.127. The molecule has 1 unspecified atom stereocenters. The molecule has 0 aliphatic heterocycles. The van der Waals surface area contributed by atoms with E-state index >= 15 is 0 Å². The number of benzene rings is 1. The van der Waals surface area contributed by atoms with Crippen LogP contribution >= 0.6 is 0 Å². The van der Waals surface area contributed by atoms with Crippen molar-refractivity contribution >= 4 is 11.8 Å². The van der Waals surface area contributed by atoms with E-state index in [0.717, 1.165) is 36.1 Å². The molecule has 1 aliphatic rings. The van der Waals surface area contributed by atoms with E-state index in [-0.39, 0.29) is 23.8 Å². The molecule has 0 saturated heterocycles. The minimum atomic E-state index is -0.141. The molecular formula is C23H25N5O2. The van der Waals surface area contributed by atoms with Crippen LogP contribution in [-0.4, -0.2) is 26.6 Å². The first-order chi connectivity index (χ1) is 14.6. The summed E-state index contributed by atoms with van der Waals surface area (Å²) in [5.41, 5.74) is 3.32. The smallest absolute Gasteiger partial charge is 0.251 e. The zero-order valence-corrected chi connectivity index (χ0v) is 16.9. The summed E-state index contributed by atoms with van der Waals surface area (Å²) >= 11 is 0. The number of carbonyl (C=O) groups is 2. The summed E-state index contributed by atoms with van der Waals surface area (Å²) < 4.78 is 1.74. The van der Waals surface area contributed by atoms with Crippen molar-refractivity contribution in [3.63, 3.8) is 0 Å². The number of aromatic nitrogens is 3. The van der Waals surface area contributed by atoms with Gasteiger partial charge in [-0.1, -0.05) is 12.5 Å². The van der Waals surface area contributed by atoms with Crippen LogP contribution in [0.4, 0.5) is 0 Å². The molecule has 7 heteroatoms. The van der Waals surface area contributed by atoms with Crippen LogP contribution < -0.4 is 10.6 Å². The average molecular weight is 403 g/mol. The number of nitrogens with zero attached hydrogens (tertiary/aromatic N) is 3. The number of pyridine rings is 1. The Morgan fingerprint density at radius 1 is 1.17 bits per heavy atom. The Morgan fingerprint density at radius 2 is 1.97 bits per heavy atom. The van der Waals surface area contributed by atoms with Crippen molar-refractivity contribution in [1.29, 1.82) is 0 Å². The Hall–Kier alpha value is -3.48. The zero-order chi connectivity index (χ0) is 20.9. The van der Waals surface area contributed by atoms with E-state index in [1.807, 2.05) is 37.4 Å². The Balaban J connectivity index is 1.34. The molecule has 2 heterocycles. The molecule has 2 N–H and O–H groups in total. The van der Waals surface area contributed by atoms with Crippen LogP contribution in [-0.2, 0) is 11.3 Å². The maximum Gasteiger partial charge on any atom is 0.251 e. The van der Waals surface area contributed by atoms with E-state index in [2.05, 4.69) is 20.7 Å². The summed E-state index contributed by atoms with van der Waals surface area (Å²) in [6.45, 7) is 2.40. The van der Waals surface area contributed by atoms with E-state index in [0.29, 0.717) is 12.1 Å². The standard InChI is InChI=1S/C23H25N5O2/c1-16(20-6-3-11-24-14-20)27-23(30)19-7-9-21(10-8-19)28-15-17(13-26-28)12-25-22(29)18-4-2-5-18/h3,6-11,13-16,18H,2,4-5,12H2,1H3,(H,25,29)(H,27,30). The number of carbonyl (C=O) groups excluding carboxylic acids is 2. The quantitative estimate of drug-likeness (QED) is 0.634. The van der Waals surface area contributed by atoms with Crippen LogP contribution in [0.15, 0.2) is 61.2 Å². The molecule has 2 aromatic heterocycles. The van der Waals surface area contributed by atoms with Gasteiger partial charge in [0.2, 0.25) is 5.91 Å². The molecule has 1 aliphatic carbocycles. The first kappa shape index (κ1) is 19.8. The van der Waals surface area contributed by atoms with Crippen molar-refractivity contribution in [3.8, 4) is 5.69 Å². The van der Waals surface area contributed by atoms with Crippen LogP contribution in [0.2, 0.25) is 0 Å². The van der Waals surface area contributed by atoms with Crippen LogP contribution in [0.1, 0.15) is 53.7 Å². The predicted molar refractivity (Wildman–Crippen MR) is 113 cm³/mol. The number of hydrogen-bond acceptors (Lipinski definition) is 4. The van der Waals surface area contributed by atoms with Gasteiger partial charge in [-0.2, -0.15) is 5.10 Å². The summed E-state index contributed by atoms with van der Waals surface area (Å²) in [5.74, 6) is 0.169. The number of hydrogen-bond donors (Lipinski definition) is 2. The van der Waals surface area contributed by atoms with Gasteiger partial charge in [-0.15, -0.1) is 0 Å². The van der Waals surface area contributed by atoms with E-state index in [1.165, 1.54) is 0 Å². The van der Waals surface area contributed by atoms with Crippen molar-refractivity contribution in [1.82, 2.24) is 25.4 Å². The van der Waals surface area contributed by atoms with Crippen LogP contribution in [0, 0.1) is 5.92 Å². The van der Waals surface area contributed by atoms with Crippen LogP contribution in [0.5, 0.6) is 0 Å². The maximum atomic E-state index is 12.5. The van der Waals surface area contributed by atoms with Gasteiger partial charge in [0.25, 0.3) is 5.91 Å². The molecule has 2 amide bonds. The lowest BCUT2D eigenvalue weighted by Crippen LogP contribution is -2.33. The summed E-state index contributed by atoms with van der Waals surface area (Å²) in [5, 5.41) is 10.3. The van der Waals surface area contributed by atoms with E-state index in [9.17, 15) is 9.59 Å². The average Bonchev–Trinajstić information content (AvgIpc) is 3.21. The number of amides is 2. The normalized spacial score (nSPS) is 14.6. The largest absolute Gasteiger partial charge is 0.352 e. The highest BCUT2D eigenvalue weighted by molar-refractivity contribution is 5.94. The van der Waals surface area contributed by atoms with Gasteiger partial charge in [-0.25, -0.2) is 4.68 Å². The van der Waals surface area contributed by atoms with Crippen molar-refractivity contribution in [2.45, 2.75) is 38.8 Å². The number of rotatable bonds is 7. The minimum Gasteiger partial charge on any atom is -0.352 e.